The van der Waals surface area contributed by atoms with Crippen LogP contribution < -0.4 is 5.11 Å². The lowest BCUT2D eigenvalue weighted by Gasteiger charge is -2.26. The molecule has 0 aliphatic carbocycles. The molecule has 0 amide bonds. The van der Waals surface area contributed by atoms with E-state index in [0.29, 0.717) is 17.4 Å². The minimum atomic E-state index is -1.62. The number of aliphatic carboxylic acids is 1. The van der Waals surface area contributed by atoms with Crippen molar-refractivity contribution in [1.29, 1.82) is 0 Å². The SMILES string of the molecule is CCCCCCCCCC/C=C\CCCCCCCCCCCCCCCCCCCCCCCCCCCCCC(=O)OC(COC(=O)CCCCCCCCCCCCCCCCCCCCCCCCCCCCCCCCCCCCCCCC)COC(OCC[N+](C)(C)C)C(=O)[O-]. The molecule has 0 radical (unpaired) electrons. The molecule has 0 rings (SSSR count). The molecule has 0 saturated carbocycles. The van der Waals surface area contributed by atoms with E-state index >= 15 is 0 Å². The number of likely N-dealkylation sites (N-methyl/N-ethyl adjacent to an activating group) is 1. The first-order chi connectivity index (χ1) is 50.1. The number of carbonyl (C=O) groups is 3. The summed E-state index contributed by atoms with van der Waals surface area (Å²) in [7, 11) is 5.96. The van der Waals surface area contributed by atoms with Crippen molar-refractivity contribution < 1.29 is 42.9 Å². The van der Waals surface area contributed by atoms with Gasteiger partial charge in [-0.3, -0.25) is 9.59 Å². The maximum absolute atomic E-state index is 13.0. The predicted molar refractivity (Wildman–Crippen MR) is 440 cm³/mol. The average Bonchev–Trinajstić information content (AvgIpc) is 0.997. The minimum absolute atomic E-state index is 0.153. The Hall–Kier alpha value is -1.97. The highest BCUT2D eigenvalue weighted by Gasteiger charge is 2.22. The summed E-state index contributed by atoms with van der Waals surface area (Å²) in [6, 6.07) is 0. The highest BCUT2D eigenvalue weighted by molar-refractivity contribution is 5.70. The van der Waals surface area contributed by atoms with Crippen LogP contribution in [0.3, 0.4) is 0 Å². The summed E-state index contributed by atoms with van der Waals surface area (Å²) in [6.45, 7) is 4.86. The second-order valence-corrected chi connectivity index (χ2v) is 33.3. The van der Waals surface area contributed by atoms with Crippen LogP contribution in [-0.2, 0) is 33.3 Å². The average molecular weight is 1440 g/mol. The van der Waals surface area contributed by atoms with Crippen molar-refractivity contribution in [2.75, 3.05) is 47.5 Å². The summed E-state index contributed by atoms with van der Waals surface area (Å²) in [5.41, 5.74) is 0. The quantitative estimate of drug-likeness (QED) is 0.0195. The number of quaternary nitrogens is 1. The Balaban J connectivity index is 3.86. The molecule has 102 heavy (non-hydrogen) atoms. The normalized spacial score (nSPS) is 12.5. The van der Waals surface area contributed by atoms with Crippen LogP contribution in [0.2, 0.25) is 0 Å². The fraction of sp³-hybridized carbons (Fsp3) is 0.946. The van der Waals surface area contributed by atoms with Gasteiger partial charge in [0, 0.05) is 12.8 Å². The number of nitrogens with zero attached hydrogens (tertiary/aromatic N) is 1. The van der Waals surface area contributed by atoms with Crippen molar-refractivity contribution in [2.45, 2.75) is 521 Å². The van der Waals surface area contributed by atoms with E-state index in [2.05, 4.69) is 26.0 Å². The third-order valence-corrected chi connectivity index (χ3v) is 21.8. The maximum Gasteiger partial charge on any atom is 0.306 e. The molecule has 9 heteroatoms. The van der Waals surface area contributed by atoms with Crippen LogP contribution in [0, 0.1) is 0 Å². The molecular formula is C93H181NO8. The van der Waals surface area contributed by atoms with E-state index in [0.717, 1.165) is 38.5 Å². The summed E-state index contributed by atoms with van der Waals surface area (Å²) in [5.74, 6) is -2.24. The zero-order chi connectivity index (χ0) is 73.9. The van der Waals surface area contributed by atoms with Crippen molar-refractivity contribution in [1.82, 2.24) is 0 Å². The molecule has 0 aliphatic rings. The molecule has 0 spiro atoms. The summed E-state index contributed by atoms with van der Waals surface area (Å²) < 4.78 is 22.9. The van der Waals surface area contributed by atoms with Gasteiger partial charge in [-0.1, -0.05) is 469 Å². The van der Waals surface area contributed by atoms with Crippen molar-refractivity contribution >= 4 is 17.9 Å². The number of ether oxygens (including phenoxy) is 4. The molecule has 0 fully saturated rings. The van der Waals surface area contributed by atoms with E-state index in [-0.39, 0.29) is 32.2 Å². The summed E-state index contributed by atoms with van der Waals surface area (Å²) in [5, 5.41) is 11.9. The Bertz CT molecular complexity index is 1680. The largest absolute Gasteiger partial charge is 0.545 e. The van der Waals surface area contributed by atoms with Crippen LogP contribution in [0.1, 0.15) is 508 Å². The molecular weight excluding hydrogens is 1260 g/mol. The van der Waals surface area contributed by atoms with E-state index in [1.165, 1.54) is 443 Å². The second kappa shape index (κ2) is 84.7. The molecule has 2 atom stereocenters. The van der Waals surface area contributed by atoms with Gasteiger partial charge in [0.1, 0.15) is 13.2 Å². The van der Waals surface area contributed by atoms with Gasteiger partial charge in [-0.05, 0) is 38.5 Å². The molecule has 0 saturated heterocycles. The predicted octanol–water partition coefficient (Wildman–Crippen LogP) is 28.9. The van der Waals surface area contributed by atoms with E-state index in [1.54, 1.807) is 0 Å². The van der Waals surface area contributed by atoms with E-state index < -0.39 is 24.3 Å². The van der Waals surface area contributed by atoms with Crippen molar-refractivity contribution in [3.05, 3.63) is 12.2 Å². The van der Waals surface area contributed by atoms with Gasteiger partial charge in [0.05, 0.1) is 40.3 Å². The van der Waals surface area contributed by atoms with E-state index in [4.69, 9.17) is 18.9 Å². The monoisotopic (exact) mass is 1440 g/mol. The lowest BCUT2D eigenvalue weighted by atomic mass is 10.0. The van der Waals surface area contributed by atoms with Crippen molar-refractivity contribution in [3.8, 4) is 0 Å². The van der Waals surface area contributed by atoms with Crippen molar-refractivity contribution in [3.63, 3.8) is 0 Å². The molecule has 0 bridgehead atoms. The Morgan fingerprint density at radius 3 is 0.725 bits per heavy atom. The molecule has 0 aromatic rings. The third kappa shape index (κ3) is 85.3. The minimum Gasteiger partial charge on any atom is -0.545 e. The number of hydrogen-bond acceptors (Lipinski definition) is 8. The molecule has 0 aromatic heterocycles. The van der Waals surface area contributed by atoms with Crippen LogP contribution in [0.15, 0.2) is 12.2 Å². The molecule has 0 heterocycles. The van der Waals surface area contributed by atoms with E-state index in [1.807, 2.05) is 21.1 Å². The highest BCUT2D eigenvalue weighted by Crippen LogP contribution is 2.22. The van der Waals surface area contributed by atoms with E-state index in [9.17, 15) is 19.5 Å². The van der Waals surface area contributed by atoms with Gasteiger partial charge in [0.2, 0.25) is 0 Å². The Morgan fingerprint density at radius 1 is 0.284 bits per heavy atom. The van der Waals surface area contributed by atoms with Gasteiger partial charge >= 0.3 is 11.9 Å². The zero-order valence-electron chi connectivity index (χ0n) is 69.8. The Morgan fingerprint density at radius 2 is 0.500 bits per heavy atom. The van der Waals surface area contributed by atoms with Gasteiger partial charge < -0.3 is 33.3 Å². The number of carboxylic acid groups (broad SMARTS) is 1. The van der Waals surface area contributed by atoms with Gasteiger partial charge in [0.15, 0.2) is 12.4 Å². The second-order valence-electron chi connectivity index (χ2n) is 33.3. The number of rotatable bonds is 89. The third-order valence-electron chi connectivity index (χ3n) is 21.8. The van der Waals surface area contributed by atoms with Crippen LogP contribution in [0.25, 0.3) is 0 Å². The number of hydrogen-bond donors (Lipinski definition) is 0. The standard InChI is InChI=1S/C93H181NO8/c1-6-8-10-12-14-16-18-20-22-24-26-28-30-32-34-36-38-40-42-44-46-48-50-52-54-56-58-60-62-64-66-68-70-72-74-76-78-80-82-84-91(96)102-89(88-101-93(92(97)98)99-86-85-94(3,4)5)87-100-90(95)83-81-79-77-75-73-71-69-67-65-63-61-59-57-55-53-51-49-47-45-43-41-39-37-35-33-31-29-27-25-23-21-19-17-15-13-11-9-7-2/h24,26,89,93H,6-23,25,27-88H2,1-5H3/b26-24-. The molecule has 2 unspecified atom stereocenters. The number of esters is 2. The first-order valence-electron chi connectivity index (χ1n) is 46.3. The maximum atomic E-state index is 13.0. The highest BCUT2D eigenvalue weighted by atomic mass is 16.7. The van der Waals surface area contributed by atoms with Gasteiger partial charge in [-0.15, -0.1) is 0 Å². The van der Waals surface area contributed by atoms with Gasteiger partial charge in [-0.2, -0.15) is 0 Å². The smallest absolute Gasteiger partial charge is 0.306 e. The summed E-state index contributed by atoms with van der Waals surface area (Å²) >= 11 is 0. The summed E-state index contributed by atoms with van der Waals surface area (Å²) in [4.78, 5) is 37.7. The van der Waals surface area contributed by atoms with Crippen LogP contribution >= 0.6 is 0 Å². The zero-order valence-corrected chi connectivity index (χ0v) is 69.8. The molecule has 0 aliphatic heterocycles. The topological polar surface area (TPSA) is 111 Å². The van der Waals surface area contributed by atoms with Gasteiger partial charge in [0.25, 0.3) is 0 Å². The van der Waals surface area contributed by atoms with Crippen LogP contribution in [0.5, 0.6) is 0 Å². The number of allylic oxidation sites excluding steroid dienone is 2. The van der Waals surface area contributed by atoms with Gasteiger partial charge in [-0.25, -0.2) is 0 Å². The lowest BCUT2D eigenvalue weighted by molar-refractivity contribution is -0.870. The molecule has 0 aromatic carbocycles. The molecule has 9 nitrogen and oxygen atoms in total. The molecule has 606 valence electrons. The van der Waals surface area contributed by atoms with Crippen LogP contribution in [0.4, 0.5) is 0 Å². The summed E-state index contributed by atoms with van der Waals surface area (Å²) in [6.07, 6.45) is 106. The first-order valence-corrected chi connectivity index (χ1v) is 46.3. The number of unbranched alkanes of at least 4 members (excludes halogenated alkanes) is 72. The Labute approximate surface area is 637 Å². The fourth-order valence-electron chi connectivity index (χ4n) is 14.7. The first kappa shape index (κ1) is 100. The Kier molecular flexibility index (Phi) is 83.0. The molecule has 0 N–H and O–H groups in total. The number of carbonyl (C=O) groups excluding carboxylic acids is 3. The lowest BCUT2D eigenvalue weighted by Crippen LogP contribution is -2.44. The van der Waals surface area contributed by atoms with Crippen LogP contribution in [-0.4, -0.2) is 82.3 Å². The fourth-order valence-corrected chi connectivity index (χ4v) is 14.7. The van der Waals surface area contributed by atoms with Crippen molar-refractivity contribution in [2.24, 2.45) is 0 Å². The number of carboxylic acids is 1.